The van der Waals surface area contributed by atoms with Gasteiger partial charge in [-0.3, -0.25) is 19.7 Å². The number of anilines is 1. The molecular weight excluding hydrogens is 530 g/mol. The van der Waals surface area contributed by atoms with Gasteiger partial charge in [0.05, 0.1) is 11.1 Å². The van der Waals surface area contributed by atoms with Crippen LogP contribution >= 0.6 is 15.9 Å². The molecule has 0 saturated heterocycles. The minimum Gasteiger partial charge on any atom is -0.502 e. The standard InChI is InChI=1S/C25H22BrN5O5/c1-30(2)20-10-8-16(9-11-20)12-21(28-24(33)17-6-4-3-5-7-17)25(34)29-27-15-18-13-19(26)14-22(23(18)32)31(35)36/h3-15,32H,1-2H3,(H,28,33)(H,29,34)/b21-12+,27-15-. The Morgan fingerprint density at radius 3 is 2.36 bits per heavy atom. The van der Waals surface area contributed by atoms with E-state index in [1.54, 1.807) is 42.5 Å². The Labute approximate surface area is 215 Å². The second-order valence-corrected chi connectivity index (χ2v) is 8.60. The Kier molecular flexibility index (Phi) is 8.52. The van der Waals surface area contributed by atoms with Crippen LogP contribution in [0.15, 0.2) is 82.0 Å². The Balaban J connectivity index is 1.86. The highest BCUT2D eigenvalue weighted by atomic mass is 79.9. The number of hydrogen-bond donors (Lipinski definition) is 3. The molecule has 36 heavy (non-hydrogen) atoms. The van der Waals surface area contributed by atoms with E-state index in [0.29, 0.717) is 15.6 Å². The van der Waals surface area contributed by atoms with E-state index >= 15 is 0 Å². The van der Waals surface area contributed by atoms with Crippen LogP contribution in [0.4, 0.5) is 11.4 Å². The molecule has 0 bridgehead atoms. The molecule has 0 heterocycles. The number of carbonyl (C=O) groups is 2. The first-order valence-corrected chi connectivity index (χ1v) is 11.3. The number of hydrogen-bond acceptors (Lipinski definition) is 7. The van der Waals surface area contributed by atoms with Crippen molar-refractivity contribution in [1.82, 2.24) is 10.7 Å². The molecule has 0 fully saturated rings. The van der Waals surface area contributed by atoms with Crippen molar-refractivity contribution in [2.75, 3.05) is 19.0 Å². The number of hydrazone groups is 1. The van der Waals surface area contributed by atoms with Crippen molar-refractivity contribution in [2.24, 2.45) is 5.10 Å². The highest BCUT2D eigenvalue weighted by Gasteiger charge is 2.18. The first-order valence-electron chi connectivity index (χ1n) is 10.5. The summed E-state index contributed by atoms with van der Waals surface area (Å²) in [4.78, 5) is 37.9. The average Bonchev–Trinajstić information content (AvgIpc) is 2.86. The molecule has 0 spiro atoms. The van der Waals surface area contributed by atoms with E-state index in [2.05, 4.69) is 31.8 Å². The van der Waals surface area contributed by atoms with Gasteiger partial charge >= 0.3 is 5.69 Å². The molecule has 0 radical (unpaired) electrons. The van der Waals surface area contributed by atoms with Gasteiger partial charge in [0.2, 0.25) is 5.75 Å². The fourth-order valence-corrected chi connectivity index (χ4v) is 3.50. The quantitative estimate of drug-likeness (QED) is 0.167. The lowest BCUT2D eigenvalue weighted by atomic mass is 10.1. The second-order valence-electron chi connectivity index (χ2n) is 7.68. The Bertz CT molecular complexity index is 1340. The van der Waals surface area contributed by atoms with E-state index in [1.165, 1.54) is 12.1 Å². The lowest BCUT2D eigenvalue weighted by Gasteiger charge is -2.12. The molecule has 0 aromatic heterocycles. The number of benzene rings is 3. The molecule has 2 amide bonds. The highest BCUT2D eigenvalue weighted by molar-refractivity contribution is 9.10. The number of amides is 2. The van der Waals surface area contributed by atoms with Crippen LogP contribution in [0.3, 0.4) is 0 Å². The first-order chi connectivity index (χ1) is 17.2. The summed E-state index contributed by atoms with van der Waals surface area (Å²) in [5.41, 5.74) is 3.65. The zero-order valence-electron chi connectivity index (χ0n) is 19.3. The third-order valence-electron chi connectivity index (χ3n) is 4.90. The Morgan fingerprint density at radius 2 is 1.75 bits per heavy atom. The number of nitro benzene ring substituents is 1. The van der Waals surface area contributed by atoms with E-state index in [1.807, 2.05) is 31.1 Å². The van der Waals surface area contributed by atoms with Crippen molar-refractivity contribution < 1.29 is 19.6 Å². The van der Waals surface area contributed by atoms with Crippen LogP contribution in [-0.4, -0.2) is 42.2 Å². The minimum atomic E-state index is -0.740. The number of halogens is 1. The Hall–Kier alpha value is -4.51. The smallest absolute Gasteiger partial charge is 0.312 e. The molecule has 0 aliphatic rings. The number of rotatable bonds is 8. The summed E-state index contributed by atoms with van der Waals surface area (Å²) >= 11 is 3.14. The molecular formula is C25H22BrN5O5. The first kappa shape index (κ1) is 26.1. The summed E-state index contributed by atoms with van der Waals surface area (Å²) in [6.07, 6.45) is 2.56. The molecule has 184 valence electrons. The van der Waals surface area contributed by atoms with Gasteiger partial charge in [-0.05, 0) is 42.0 Å². The van der Waals surface area contributed by atoms with Gasteiger partial charge in [0, 0.05) is 41.4 Å². The maximum absolute atomic E-state index is 12.9. The molecule has 0 aliphatic carbocycles. The van der Waals surface area contributed by atoms with Crippen molar-refractivity contribution in [3.63, 3.8) is 0 Å². The molecule has 10 nitrogen and oxygen atoms in total. The Morgan fingerprint density at radius 1 is 1.08 bits per heavy atom. The predicted octanol–water partition coefficient (Wildman–Crippen LogP) is 4.05. The van der Waals surface area contributed by atoms with Gasteiger partial charge in [0.1, 0.15) is 5.70 Å². The third-order valence-corrected chi connectivity index (χ3v) is 5.36. The van der Waals surface area contributed by atoms with E-state index in [0.717, 1.165) is 18.0 Å². The molecule has 0 unspecified atom stereocenters. The van der Waals surface area contributed by atoms with Crippen LogP contribution in [0.25, 0.3) is 6.08 Å². The van der Waals surface area contributed by atoms with Crippen LogP contribution in [0, 0.1) is 10.1 Å². The van der Waals surface area contributed by atoms with Crippen molar-refractivity contribution in [3.05, 3.63) is 104 Å². The average molecular weight is 552 g/mol. The molecule has 3 rings (SSSR count). The molecule has 3 aromatic rings. The normalized spacial score (nSPS) is 11.2. The van der Waals surface area contributed by atoms with Gasteiger partial charge in [-0.15, -0.1) is 0 Å². The van der Waals surface area contributed by atoms with Gasteiger partial charge in [0.25, 0.3) is 11.8 Å². The topological polar surface area (TPSA) is 137 Å². The lowest BCUT2D eigenvalue weighted by Crippen LogP contribution is -2.32. The van der Waals surface area contributed by atoms with Gasteiger partial charge < -0.3 is 15.3 Å². The second kappa shape index (κ2) is 11.8. The predicted molar refractivity (Wildman–Crippen MR) is 141 cm³/mol. The van der Waals surface area contributed by atoms with Crippen LogP contribution in [0.1, 0.15) is 21.5 Å². The summed E-state index contributed by atoms with van der Waals surface area (Å²) in [7, 11) is 3.80. The SMILES string of the molecule is CN(C)c1ccc(/C=C(/NC(=O)c2ccccc2)C(=O)N/N=C\c2cc(Br)cc([N+](=O)[O-])c2O)cc1. The van der Waals surface area contributed by atoms with E-state index < -0.39 is 28.2 Å². The summed E-state index contributed by atoms with van der Waals surface area (Å²) in [6, 6.07) is 18.2. The summed E-state index contributed by atoms with van der Waals surface area (Å²) in [5.74, 6) is -1.84. The fourth-order valence-electron chi connectivity index (χ4n) is 3.04. The summed E-state index contributed by atoms with van der Waals surface area (Å²) < 4.78 is 0.344. The van der Waals surface area contributed by atoms with Crippen molar-refractivity contribution in [1.29, 1.82) is 0 Å². The number of phenols is 1. The zero-order valence-corrected chi connectivity index (χ0v) is 20.9. The van der Waals surface area contributed by atoms with Crippen molar-refractivity contribution >= 4 is 51.4 Å². The third kappa shape index (κ3) is 6.76. The molecule has 11 heteroatoms. The number of phenolic OH excluding ortho intramolecular Hbond substituents is 1. The molecule has 3 aromatic carbocycles. The zero-order chi connectivity index (χ0) is 26.2. The van der Waals surface area contributed by atoms with Crippen LogP contribution in [-0.2, 0) is 4.79 Å². The summed E-state index contributed by atoms with van der Waals surface area (Å²) in [5, 5.41) is 27.6. The van der Waals surface area contributed by atoms with Gasteiger partial charge in [-0.1, -0.05) is 46.3 Å². The molecule has 0 atom stereocenters. The number of nitrogens with one attached hydrogen (secondary N) is 2. The number of carbonyl (C=O) groups excluding carboxylic acids is 2. The number of aromatic hydroxyl groups is 1. The highest BCUT2D eigenvalue weighted by Crippen LogP contribution is 2.32. The minimum absolute atomic E-state index is 0.00880. The molecule has 3 N–H and O–H groups in total. The largest absolute Gasteiger partial charge is 0.502 e. The molecule has 0 saturated carbocycles. The molecule has 0 aliphatic heterocycles. The monoisotopic (exact) mass is 551 g/mol. The van der Waals surface area contributed by atoms with Gasteiger partial charge in [-0.2, -0.15) is 5.10 Å². The lowest BCUT2D eigenvalue weighted by molar-refractivity contribution is -0.385. The maximum atomic E-state index is 12.9. The van der Waals surface area contributed by atoms with Crippen LogP contribution in [0.2, 0.25) is 0 Å². The van der Waals surface area contributed by atoms with Gasteiger partial charge in [-0.25, -0.2) is 5.43 Å². The van der Waals surface area contributed by atoms with E-state index in [4.69, 9.17) is 0 Å². The van der Waals surface area contributed by atoms with Crippen LogP contribution < -0.4 is 15.6 Å². The van der Waals surface area contributed by atoms with Crippen LogP contribution in [0.5, 0.6) is 5.75 Å². The maximum Gasteiger partial charge on any atom is 0.312 e. The van der Waals surface area contributed by atoms with Crippen molar-refractivity contribution in [3.8, 4) is 5.75 Å². The van der Waals surface area contributed by atoms with Gasteiger partial charge in [0.15, 0.2) is 0 Å². The number of nitrogens with zero attached hydrogens (tertiary/aromatic N) is 3. The fraction of sp³-hybridized carbons (Fsp3) is 0.0800. The van der Waals surface area contributed by atoms with Crippen molar-refractivity contribution in [2.45, 2.75) is 0 Å². The van der Waals surface area contributed by atoms with E-state index in [9.17, 15) is 24.8 Å². The van der Waals surface area contributed by atoms with E-state index in [-0.39, 0.29) is 11.3 Å². The number of nitro groups is 1. The summed E-state index contributed by atoms with van der Waals surface area (Å²) in [6.45, 7) is 0.